The van der Waals surface area contributed by atoms with Gasteiger partial charge in [0, 0.05) is 6.54 Å². The first-order valence-corrected chi connectivity index (χ1v) is 7.57. The van der Waals surface area contributed by atoms with Crippen LogP contribution in [0.15, 0.2) is 28.3 Å². The van der Waals surface area contributed by atoms with E-state index in [-0.39, 0.29) is 17.3 Å². The van der Waals surface area contributed by atoms with Gasteiger partial charge in [0.25, 0.3) is 0 Å². The molecule has 1 aliphatic heterocycles. The summed E-state index contributed by atoms with van der Waals surface area (Å²) in [7, 11) is -3.87. The Kier molecular flexibility index (Phi) is 3.96. The molecule has 8 heteroatoms. The Morgan fingerprint density at radius 1 is 1.55 bits per heavy atom. The first kappa shape index (κ1) is 14.7. The number of nitrogens with two attached hydrogens (primary N) is 1. The highest BCUT2D eigenvalue weighted by Gasteiger charge is 2.38. The number of halogens is 1. The van der Waals surface area contributed by atoms with Crippen LogP contribution in [-0.4, -0.2) is 36.4 Å². The van der Waals surface area contributed by atoms with Crippen molar-refractivity contribution in [3.63, 3.8) is 0 Å². The fraction of sp³-hybridized carbons (Fsp3) is 0.417. The van der Waals surface area contributed by atoms with E-state index < -0.39 is 21.9 Å². The summed E-state index contributed by atoms with van der Waals surface area (Å²) >= 11 is 0. The molecule has 1 aliphatic rings. The SMILES string of the molecule is Cc1ccc(F)cc1S(=O)(=O)N1CCCC1C(N)=NO. The van der Waals surface area contributed by atoms with Gasteiger partial charge >= 0.3 is 0 Å². The van der Waals surface area contributed by atoms with Crippen molar-refractivity contribution in [1.29, 1.82) is 0 Å². The smallest absolute Gasteiger partial charge is 0.244 e. The molecule has 1 heterocycles. The van der Waals surface area contributed by atoms with E-state index in [1.165, 1.54) is 12.1 Å². The van der Waals surface area contributed by atoms with Crippen LogP contribution in [0.25, 0.3) is 0 Å². The second kappa shape index (κ2) is 5.37. The van der Waals surface area contributed by atoms with E-state index in [2.05, 4.69) is 5.16 Å². The Morgan fingerprint density at radius 2 is 2.25 bits per heavy atom. The molecule has 0 aromatic heterocycles. The summed E-state index contributed by atoms with van der Waals surface area (Å²) < 4.78 is 39.7. The van der Waals surface area contributed by atoms with Crippen LogP contribution in [0.2, 0.25) is 0 Å². The lowest BCUT2D eigenvalue weighted by Gasteiger charge is -2.23. The van der Waals surface area contributed by atoms with Gasteiger partial charge in [0.15, 0.2) is 5.84 Å². The van der Waals surface area contributed by atoms with Gasteiger partial charge in [-0.15, -0.1) is 0 Å². The molecular weight excluding hydrogens is 285 g/mol. The summed E-state index contributed by atoms with van der Waals surface area (Å²) in [5.74, 6) is -0.770. The topological polar surface area (TPSA) is 96.0 Å². The summed E-state index contributed by atoms with van der Waals surface area (Å²) in [6, 6.07) is 2.93. The minimum Gasteiger partial charge on any atom is -0.409 e. The van der Waals surface area contributed by atoms with Crippen LogP contribution in [0.1, 0.15) is 18.4 Å². The summed E-state index contributed by atoms with van der Waals surface area (Å²) in [6.07, 6.45) is 1.08. The highest BCUT2D eigenvalue weighted by atomic mass is 32.2. The van der Waals surface area contributed by atoms with Crippen LogP contribution in [-0.2, 0) is 10.0 Å². The number of benzene rings is 1. The zero-order chi connectivity index (χ0) is 14.9. The molecule has 0 radical (unpaired) electrons. The molecule has 0 saturated carbocycles. The normalized spacial score (nSPS) is 21.3. The van der Waals surface area contributed by atoms with E-state index in [9.17, 15) is 12.8 Å². The average molecular weight is 301 g/mol. The summed E-state index contributed by atoms with van der Waals surface area (Å²) in [5.41, 5.74) is 5.99. The van der Waals surface area contributed by atoms with Crippen molar-refractivity contribution in [1.82, 2.24) is 4.31 Å². The second-order valence-corrected chi connectivity index (χ2v) is 6.57. The van der Waals surface area contributed by atoms with Crippen molar-refractivity contribution in [2.45, 2.75) is 30.7 Å². The molecule has 1 saturated heterocycles. The van der Waals surface area contributed by atoms with Gasteiger partial charge in [-0.3, -0.25) is 0 Å². The Morgan fingerprint density at radius 3 is 2.90 bits per heavy atom. The first-order valence-electron chi connectivity index (χ1n) is 6.13. The van der Waals surface area contributed by atoms with E-state index in [4.69, 9.17) is 10.9 Å². The monoisotopic (exact) mass is 301 g/mol. The zero-order valence-electron chi connectivity index (χ0n) is 11.0. The highest BCUT2D eigenvalue weighted by molar-refractivity contribution is 7.89. The molecule has 20 heavy (non-hydrogen) atoms. The number of amidine groups is 1. The molecule has 2 rings (SSSR count). The lowest BCUT2D eigenvalue weighted by Crippen LogP contribution is -2.44. The lowest BCUT2D eigenvalue weighted by molar-refractivity contribution is 0.311. The number of nitrogens with zero attached hydrogens (tertiary/aromatic N) is 2. The predicted molar refractivity (Wildman–Crippen MR) is 71.5 cm³/mol. The molecule has 1 unspecified atom stereocenters. The maximum absolute atomic E-state index is 13.3. The average Bonchev–Trinajstić information content (AvgIpc) is 2.90. The van der Waals surface area contributed by atoms with Crippen LogP contribution < -0.4 is 5.73 Å². The van der Waals surface area contributed by atoms with Gasteiger partial charge in [-0.1, -0.05) is 11.2 Å². The summed E-state index contributed by atoms with van der Waals surface area (Å²) in [6.45, 7) is 1.86. The Balaban J connectivity index is 2.47. The molecule has 1 atom stereocenters. The molecule has 6 nitrogen and oxygen atoms in total. The van der Waals surface area contributed by atoms with E-state index in [1.54, 1.807) is 6.92 Å². The maximum Gasteiger partial charge on any atom is 0.244 e. The lowest BCUT2D eigenvalue weighted by atomic mass is 10.2. The molecule has 0 aliphatic carbocycles. The molecule has 1 aromatic carbocycles. The van der Waals surface area contributed by atoms with Crippen molar-refractivity contribution in [2.24, 2.45) is 10.9 Å². The van der Waals surface area contributed by atoms with Crippen LogP contribution >= 0.6 is 0 Å². The van der Waals surface area contributed by atoms with Crippen LogP contribution in [0, 0.1) is 12.7 Å². The van der Waals surface area contributed by atoms with E-state index >= 15 is 0 Å². The Hall–Kier alpha value is -1.67. The van der Waals surface area contributed by atoms with E-state index in [0.29, 0.717) is 18.4 Å². The number of rotatable bonds is 3. The maximum atomic E-state index is 13.3. The van der Waals surface area contributed by atoms with Crippen molar-refractivity contribution >= 4 is 15.9 Å². The number of hydrogen-bond acceptors (Lipinski definition) is 4. The fourth-order valence-electron chi connectivity index (χ4n) is 2.37. The summed E-state index contributed by atoms with van der Waals surface area (Å²) in [5, 5.41) is 11.6. The molecule has 0 amide bonds. The van der Waals surface area contributed by atoms with E-state index in [0.717, 1.165) is 10.4 Å². The van der Waals surface area contributed by atoms with Crippen LogP contribution in [0.4, 0.5) is 4.39 Å². The largest absolute Gasteiger partial charge is 0.409 e. The minimum atomic E-state index is -3.87. The molecule has 0 bridgehead atoms. The van der Waals surface area contributed by atoms with Crippen molar-refractivity contribution in [2.75, 3.05) is 6.54 Å². The van der Waals surface area contributed by atoms with E-state index in [1.807, 2.05) is 0 Å². The highest BCUT2D eigenvalue weighted by Crippen LogP contribution is 2.28. The molecule has 3 N–H and O–H groups in total. The van der Waals surface area contributed by atoms with Crippen LogP contribution in [0.5, 0.6) is 0 Å². The van der Waals surface area contributed by atoms with Gasteiger partial charge in [0.05, 0.1) is 10.9 Å². The van der Waals surface area contributed by atoms with Crippen molar-refractivity contribution in [3.05, 3.63) is 29.6 Å². The van der Waals surface area contributed by atoms with Gasteiger partial charge in [-0.2, -0.15) is 4.31 Å². The third-order valence-corrected chi connectivity index (χ3v) is 5.45. The molecule has 110 valence electrons. The third kappa shape index (κ3) is 2.48. The third-order valence-electron chi connectivity index (χ3n) is 3.40. The Labute approximate surface area is 116 Å². The fourth-order valence-corrected chi connectivity index (χ4v) is 4.28. The zero-order valence-corrected chi connectivity index (χ0v) is 11.8. The standard InChI is InChI=1S/C12H16FN3O3S/c1-8-4-5-9(13)7-11(8)20(18,19)16-6-2-3-10(16)12(14)15-17/h4-5,7,10,17H,2-3,6H2,1H3,(H2,14,15). The molecule has 1 fully saturated rings. The number of hydrogen-bond donors (Lipinski definition) is 2. The Bertz CT molecular complexity index is 645. The number of oxime groups is 1. The number of sulfonamides is 1. The second-order valence-electron chi connectivity index (χ2n) is 4.71. The minimum absolute atomic E-state index is 0.0878. The van der Waals surface area contributed by atoms with Gasteiger partial charge in [-0.05, 0) is 37.5 Å². The quantitative estimate of drug-likeness (QED) is 0.377. The predicted octanol–water partition coefficient (Wildman–Crippen LogP) is 1.03. The number of aryl methyl sites for hydroxylation is 1. The molecule has 0 spiro atoms. The first-order chi connectivity index (χ1) is 9.37. The van der Waals surface area contributed by atoms with Gasteiger partial charge in [-0.25, -0.2) is 12.8 Å². The summed E-state index contributed by atoms with van der Waals surface area (Å²) in [4.78, 5) is -0.0878. The van der Waals surface area contributed by atoms with Crippen molar-refractivity contribution in [3.8, 4) is 0 Å². The van der Waals surface area contributed by atoms with Crippen LogP contribution in [0.3, 0.4) is 0 Å². The molecule has 1 aromatic rings. The van der Waals surface area contributed by atoms with Gasteiger partial charge in [0.2, 0.25) is 10.0 Å². The van der Waals surface area contributed by atoms with Gasteiger partial charge in [0.1, 0.15) is 5.82 Å². The van der Waals surface area contributed by atoms with Gasteiger partial charge < -0.3 is 10.9 Å². The molecular formula is C12H16FN3O3S. The van der Waals surface area contributed by atoms with Crippen molar-refractivity contribution < 1.29 is 18.0 Å².